The topological polar surface area (TPSA) is 50.9 Å². The Morgan fingerprint density at radius 3 is 2.72 bits per heavy atom. The molecule has 0 aliphatic heterocycles. The van der Waals surface area contributed by atoms with Crippen LogP contribution in [-0.2, 0) is 7.05 Å². The highest BCUT2D eigenvalue weighted by Gasteiger charge is 2.17. The van der Waals surface area contributed by atoms with Crippen molar-refractivity contribution in [3.63, 3.8) is 0 Å². The van der Waals surface area contributed by atoms with Gasteiger partial charge in [0.25, 0.3) is 0 Å². The number of fused-ring (bicyclic) bond motifs is 1. The third-order valence-corrected chi connectivity index (χ3v) is 3.10. The van der Waals surface area contributed by atoms with Crippen LogP contribution in [-0.4, -0.2) is 19.9 Å². The molecule has 4 nitrogen and oxygen atoms in total. The van der Waals surface area contributed by atoms with Crippen LogP contribution in [0.25, 0.3) is 10.8 Å². The Hall–Kier alpha value is -2.20. The molecule has 90 valence electrons. The largest absolute Gasteiger partial charge is 0.380 e. The molecule has 1 atom stereocenters. The van der Waals surface area contributed by atoms with Crippen molar-refractivity contribution in [2.75, 3.05) is 0 Å². The molecule has 2 heterocycles. The molecule has 3 rings (SSSR count). The van der Waals surface area contributed by atoms with Gasteiger partial charge in [0, 0.05) is 24.8 Å². The van der Waals surface area contributed by atoms with Crippen molar-refractivity contribution in [1.82, 2.24) is 14.8 Å². The molecule has 3 aromatic rings. The molecule has 0 bridgehead atoms. The molecular weight excluding hydrogens is 226 g/mol. The highest BCUT2D eigenvalue weighted by molar-refractivity contribution is 5.84. The first-order chi connectivity index (χ1) is 8.77. The summed E-state index contributed by atoms with van der Waals surface area (Å²) in [5, 5.41) is 16.5. The number of aliphatic hydroxyl groups is 1. The van der Waals surface area contributed by atoms with Crippen molar-refractivity contribution in [3.05, 3.63) is 60.2 Å². The van der Waals surface area contributed by atoms with E-state index in [0.29, 0.717) is 5.69 Å². The first-order valence-corrected chi connectivity index (χ1v) is 5.77. The number of aromatic nitrogens is 3. The fraction of sp³-hybridized carbons (Fsp3) is 0.143. The van der Waals surface area contributed by atoms with Crippen LogP contribution in [0.4, 0.5) is 0 Å². The van der Waals surface area contributed by atoms with Crippen LogP contribution in [0.3, 0.4) is 0 Å². The van der Waals surface area contributed by atoms with Gasteiger partial charge in [0.15, 0.2) is 0 Å². The van der Waals surface area contributed by atoms with Crippen molar-refractivity contribution in [3.8, 4) is 0 Å². The van der Waals surface area contributed by atoms with Crippen LogP contribution in [0.1, 0.15) is 17.5 Å². The Balaban J connectivity index is 2.18. The fourth-order valence-electron chi connectivity index (χ4n) is 2.15. The molecule has 1 N–H and O–H groups in total. The lowest BCUT2D eigenvalue weighted by atomic mass is 10.0. The van der Waals surface area contributed by atoms with E-state index in [-0.39, 0.29) is 0 Å². The van der Waals surface area contributed by atoms with E-state index < -0.39 is 6.10 Å². The molecule has 0 aliphatic rings. The first-order valence-electron chi connectivity index (χ1n) is 5.77. The second kappa shape index (κ2) is 4.23. The Morgan fingerprint density at radius 1 is 1.11 bits per heavy atom. The maximum absolute atomic E-state index is 10.4. The number of nitrogens with zero attached hydrogens (tertiary/aromatic N) is 3. The number of pyridine rings is 1. The predicted molar refractivity (Wildman–Crippen MR) is 69.0 cm³/mol. The molecular formula is C14H13N3O. The lowest BCUT2D eigenvalue weighted by Gasteiger charge is -2.12. The molecule has 4 heteroatoms. The second-order valence-electron chi connectivity index (χ2n) is 4.20. The minimum Gasteiger partial charge on any atom is -0.380 e. The SMILES string of the molecule is Cn1nccc1C(O)c1nccc2ccccc12. The molecule has 1 unspecified atom stereocenters. The summed E-state index contributed by atoms with van der Waals surface area (Å²) in [5.41, 5.74) is 1.40. The quantitative estimate of drug-likeness (QED) is 0.744. The standard InChI is InChI=1S/C14H13N3O/c1-17-12(7-9-16-17)14(18)13-11-5-3-2-4-10(11)6-8-15-13/h2-9,14,18H,1H3. The van der Waals surface area contributed by atoms with Crippen LogP contribution in [0, 0.1) is 0 Å². The molecule has 0 saturated heterocycles. The van der Waals surface area contributed by atoms with Crippen LogP contribution in [0.2, 0.25) is 0 Å². The molecule has 0 saturated carbocycles. The van der Waals surface area contributed by atoms with Gasteiger partial charge >= 0.3 is 0 Å². The van der Waals surface area contributed by atoms with Crippen molar-refractivity contribution >= 4 is 10.8 Å². The zero-order valence-corrected chi connectivity index (χ0v) is 9.99. The summed E-state index contributed by atoms with van der Waals surface area (Å²) in [6, 6.07) is 11.6. The van der Waals surface area contributed by atoms with Gasteiger partial charge in [0.1, 0.15) is 6.10 Å². The van der Waals surface area contributed by atoms with Gasteiger partial charge in [0.05, 0.1) is 11.4 Å². The van der Waals surface area contributed by atoms with Gasteiger partial charge in [-0.1, -0.05) is 24.3 Å². The maximum Gasteiger partial charge on any atom is 0.138 e. The first kappa shape index (κ1) is 10.9. The summed E-state index contributed by atoms with van der Waals surface area (Å²) in [7, 11) is 1.81. The molecule has 0 spiro atoms. The number of hydrogen-bond acceptors (Lipinski definition) is 3. The lowest BCUT2D eigenvalue weighted by Crippen LogP contribution is -2.08. The Labute approximate surface area is 105 Å². The second-order valence-corrected chi connectivity index (χ2v) is 4.20. The minimum atomic E-state index is -0.761. The van der Waals surface area contributed by atoms with Gasteiger partial charge in [-0.05, 0) is 17.5 Å². The molecule has 18 heavy (non-hydrogen) atoms. The number of aliphatic hydroxyl groups excluding tert-OH is 1. The molecule has 1 aromatic carbocycles. The highest BCUT2D eigenvalue weighted by Crippen LogP contribution is 2.26. The molecule has 0 amide bonds. The van der Waals surface area contributed by atoms with Crippen molar-refractivity contribution in [2.24, 2.45) is 7.05 Å². The summed E-state index contributed by atoms with van der Waals surface area (Å²) < 4.78 is 1.66. The number of rotatable bonds is 2. The molecule has 0 radical (unpaired) electrons. The van der Waals surface area contributed by atoms with E-state index >= 15 is 0 Å². The van der Waals surface area contributed by atoms with Crippen LogP contribution in [0.15, 0.2) is 48.8 Å². The van der Waals surface area contributed by atoms with Crippen LogP contribution >= 0.6 is 0 Å². The van der Waals surface area contributed by atoms with Gasteiger partial charge in [-0.15, -0.1) is 0 Å². The van der Waals surface area contributed by atoms with E-state index in [0.717, 1.165) is 16.5 Å². The van der Waals surface area contributed by atoms with Crippen LogP contribution in [0.5, 0.6) is 0 Å². The summed E-state index contributed by atoms with van der Waals surface area (Å²) in [6.45, 7) is 0. The highest BCUT2D eigenvalue weighted by atomic mass is 16.3. The average molecular weight is 239 g/mol. The Kier molecular flexibility index (Phi) is 2.57. The third kappa shape index (κ3) is 1.67. The predicted octanol–water partition coefficient (Wildman–Crippen LogP) is 2.05. The van der Waals surface area contributed by atoms with E-state index in [1.807, 2.05) is 37.4 Å². The minimum absolute atomic E-state index is 0.664. The van der Waals surface area contributed by atoms with Gasteiger partial charge < -0.3 is 5.11 Å². The molecule has 0 fully saturated rings. The molecule has 0 aliphatic carbocycles. The van der Waals surface area contributed by atoms with Gasteiger partial charge in [0.2, 0.25) is 0 Å². The third-order valence-electron chi connectivity index (χ3n) is 3.10. The van der Waals surface area contributed by atoms with E-state index in [9.17, 15) is 5.11 Å². The number of hydrogen-bond donors (Lipinski definition) is 1. The van der Waals surface area contributed by atoms with Gasteiger partial charge in [-0.2, -0.15) is 5.10 Å². The lowest BCUT2D eigenvalue weighted by molar-refractivity contribution is 0.206. The van der Waals surface area contributed by atoms with Gasteiger partial charge in [-0.25, -0.2) is 0 Å². The van der Waals surface area contributed by atoms with Crippen LogP contribution < -0.4 is 0 Å². The normalized spacial score (nSPS) is 12.8. The van der Waals surface area contributed by atoms with E-state index in [4.69, 9.17) is 0 Å². The zero-order chi connectivity index (χ0) is 12.5. The summed E-state index contributed by atoms with van der Waals surface area (Å²) in [4.78, 5) is 4.31. The smallest absolute Gasteiger partial charge is 0.138 e. The summed E-state index contributed by atoms with van der Waals surface area (Å²) >= 11 is 0. The van der Waals surface area contributed by atoms with Crippen molar-refractivity contribution < 1.29 is 5.11 Å². The van der Waals surface area contributed by atoms with E-state index in [1.54, 1.807) is 23.1 Å². The number of aryl methyl sites for hydroxylation is 1. The zero-order valence-electron chi connectivity index (χ0n) is 9.99. The molecule has 2 aromatic heterocycles. The van der Waals surface area contributed by atoms with Crippen molar-refractivity contribution in [1.29, 1.82) is 0 Å². The maximum atomic E-state index is 10.4. The van der Waals surface area contributed by atoms with E-state index in [2.05, 4.69) is 10.1 Å². The average Bonchev–Trinajstić information content (AvgIpc) is 2.83. The fourth-order valence-corrected chi connectivity index (χ4v) is 2.15. The summed E-state index contributed by atoms with van der Waals surface area (Å²) in [6.07, 6.45) is 2.63. The summed E-state index contributed by atoms with van der Waals surface area (Å²) in [5.74, 6) is 0. The number of benzene rings is 1. The van der Waals surface area contributed by atoms with E-state index in [1.165, 1.54) is 0 Å². The Morgan fingerprint density at radius 2 is 1.94 bits per heavy atom. The van der Waals surface area contributed by atoms with Crippen molar-refractivity contribution in [2.45, 2.75) is 6.10 Å². The van der Waals surface area contributed by atoms with Gasteiger partial charge in [-0.3, -0.25) is 9.67 Å². The monoisotopic (exact) mass is 239 g/mol. The Bertz CT molecular complexity index is 685.